The molecule has 2 saturated carbocycles. The van der Waals surface area contributed by atoms with Gasteiger partial charge in [0.1, 0.15) is 5.60 Å². The van der Waals surface area contributed by atoms with Gasteiger partial charge in [0.25, 0.3) is 0 Å². The van der Waals surface area contributed by atoms with Gasteiger partial charge in [-0.25, -0.2) is 0 Å². The van der Waals surface area contributed by atoms with Gasteiger partial charge in [-0.1, -0.05) is 29.8 Å². The Balaban J connectivity index is 1.68. The van der Waals surface area contributed by atoms with E-state index in [4.69, 9.17) is 4.74 Å². The topological polar surface area (TPSA) is 62.1 Å². The molecule has 5 atom stereocenters. The van der Waals surface area contributed by atoms with Crippen LogP contribution >= 0.6 is 0 Å². The van der Waals surface area contributed by atoms with Crippen molar-refractivity contribution in [1.82, 2.24) is 0 Å². The maximum Gasteiger partial charge on any atom is 0.162 e. The van der Waals surface area contributed by atoms with Crippen LogP contribution in [-0.2, 0) is 9.53 Å². The number of ether oxygens (including phenoxy) is 1. The van der Waals surface area contributed by atoms with Crippen LogP contribution in [-0.4, -0.2) is 43.5 Å². The first kappa shape index (κ1) is 23.3. The third-order valence-electron chi connectivity index (χ3n) is 9.73. The summed E-state index contributed by atoms with van der Waals surface area (Å²) in [5.74, 6) is 1.36. The van der Waals surface area contributed by atoms with Gasteiger partial charge in [-0.2, -0.15) is 0 Å². The Labute approximate surface area is 203 Å². The van der Waals surface area contributed by atoms with Crippen LogP contribution in [0, 0.1) is 17.3 Å². The average Bonchev–Trinajstić information content (AvgIpc) is 3.16. The van der Waals surface area contributed by atoms with Crippen molar-refractivity contribution in [1.29, 1.82) is 0 Å². The number of allylic oxidation sites excluding steroid dienone is 4. The highest BCUT2D eigenvalue weighted by Crippen LogP contribution is 2.67. The van der Waals surface area contributed by atoms with E-state index in [1.54, 1.807) is 19.6 Å². The average molecular weight is 463 g/mol. The van der Waals surface area contributed by atoms with Crippen LogP contribution in [0.1, 0.15) is 70.3 Å². The summed E-state index contributed by atoms with van der Waals surface area (Å²) in [6.45, 7) is 4.06. The second-order valence-corrected chi connectivity index (χ2v) is 11.2. The molecule has 182 valence electrons. The second kappa shape index (κ2) is 8.37. The van der Waals surface area contributed by atoms with E-state index in [0.29, 0.717) is 11.8 Å². The Bertz CT molecular complexity index is 1080. The summed E-state index contributed by atoms with van der Waals surface area (Å²) in [5, 5.41) is 12.9. The fourth-order valence-corrected chi connectivity index (χ4v) is 8.10. The van der Waals surface area contributed by atoms with Crippen molar-refractivity contribution in [2.75, 3.05) is 26.1 Å². The van der Waals surface area contributed by atoms with Crippen LogP contribution in [0.5, 0.6) is 0 Å². The Hall–Kier alpha value is -2.40. The third kappa shape index (κ3) is 3.23. The van der Waals surface area contributed by atoms with Crippen molar-refractivity contribution in [2.45, 2.75) is 70.3 Å². The number of nitrogens with zero attached hydrogens (tertiary/aromatic N) is 2. The molecule has 5 rings (SSSR count). The lowest BCUT2D eigenvalue weighted by atomic mass is 9.50. The van der Waals surface area contributed by atoms with Gasteiger partial charge in [0.15, 0.2) is 5.78 Å². The summed E-state index contributed by atoms with van der Waals surface area (Å²) in [7, 11) is 5.88. The number of carbonyl (C=O) groups is 1. The monoisotopic (exact) mass is 462 g/mol. The second-order valence-electron chi connectivity index (χ2n) is 11.2. The molecule has 1 N–H and O–H groups in total. The van der Waals surface area contributed by atoms with Gasteiger partial charge in [-0.05, 0) is 98.6 Å². The van der Waals surface area contributed by atoms with Crippen LogP contribution in [0.25, 0.3) is 0 Å². The highest BCUT2D eigenvalue weighted by Gasteiger charge is 2.65. The zero-order valence-corrected chi connectivity index (χ0v) is 21.2. The van der Waals surface area contributed by atoms with Crippen LogP contribution in [0.2, 0.25) is 0 Å². The van der Waals surface area contributed by atoms with Crippen LogP contribution in [0.4, 0.5) is 5.69 Å². The number of rotatable bonds is 4. The van der Waals surface area contributed by atoms with E-state index in [9.17, 15) is 10.0 Å². The van der Waals surface area contributed by atoms with Gasteiger partial charge in [-0.3, -0.25) is 4.79 Å². The lowest BCUT2D eigenvalue weighted by Gasteiger charge is -2.55. The molecule has 2 fully saturated rings. The standard InChI is InChI=1S/C29H38N2O3/c1-18(32)29(34-5)15-14-26-24-12-8-20-16-21(30-33)9-13-23(20)27(24)25(17-28(26,29)2)19-6-10-22(11-7-19)31(3)4/h6-7,10-11,16,24-26,33H,8-9,12-15,17H2,1-5H3/b30-21-/t24-,25?,26-,28-,29-/m0/s1. The molecule has 0 bridgehead atoms. The number of Topliss-reactive ketones (excluding diaryl/α,β-unsaturated/α-hetero) is 1. The molecule has 0 saturated heterocycles. The van der Waals surface area contributed by atoms with Gasteiger partial charge in [0.2, 0.25) is 0 Å². The summed E-state index contributed by atoms with van der Waals surface area (Å²) in [6.07, 6.45) is 8.73. The van der Waals surface area contributed by atoms with Crippen molar-refractivity contribution < 1.29 is 14.7 Å². The van der Waals surface area contributed by atoms with Crippen molar-refractivity contribution in [2.24, 2.45) is 22.4 Å². The number of carbonyl (C=O) groups excluding carboxylic acids is 1. The number of anilines is 1. The molecule has 5 nitrogen and oxygen atoms in total. The SMILES string of the molecule is CO[C@]1(C(C)=O)CC[C@H]2[C@@H]3CCC4=C/C(=N\O)CCC4=C3C(c3ccc(N(C)C)cc3)C[C@@]21C. The third-order valence-corrected chi connectivity index (χ3v) is 9.73. The minimum Gasteiger partial charge on any atom is -0.411 e. The lowest BCUT2D eigenvalue weighted by molar-refractivity contribution is -0.160. The molecule has 1 aromatic rings. The molecule has 0 amide bonds. The van der Waals surface area contributed by atoms with E-state index in [1.807, 2.05) is 0 Å². The predicted molar refractivity (Wildman–Crippen MR) is 136 cm³/mol. The summed E-state index contributed by atoms with van der Waals surface area (Å²) in [6, 6.07) is 8.99. The maximum atomic E-state index is 13.1. The number of hydrogen-bond acceptors (Lipinski definition) is 5. The smallest absolute Gasteiger partial charge is 0.162 e. The van der Waals surface area contributed by atoms with Crippen LogP contribution in [0.3, 0.4) is 0 Å². The van der Waals surface area contributed by atoms with E-state index in [-0.39, 0.29) is 17.1 Å². The molecule has 5 heteroatoms. The van der Waals surface area contributed by atoms with Gasteiger partial charge in [0, 0.05) is 38.2 Å². The first-order valence-corrected chi connectivity index (χ1v) is 12.7. The lowest BCUT2D eigenvalue weighted by Crippen LogP contribution is -2.56. The quantitative estimate of drug-likeness (QED) is 0.448. The zero-order valence-electron chi connectivity index (χ0n) is 21.2. The highest BCUT2D eigenvalue weighted by molar-refractivity contribution is 5.97. The first-order chi connectivity index (χ1) is 16.3. The highest BCUT2D eigenvalue weighted by atomic mass is 16.5. The fraction of sp³-hybridized carbons (Fsp3) is 0.586. The molecular formula is C29H38N2O3. The van der Waals surface area contributed by atoms with Gasteiger partial charge >= 0.3 is 0 Å². The van der Waals surface area contributed by atoms with Gasteiger partial charge < -0.3 is 14.8 Å². The Morgan fingerprint density at radius 1 is 1.15 bits per heavy atom. The molecule has 0 aliphatic heterocycles. The van der Waals surface area contributed by atoms with Crippen molar-refractivity contribution in [3.05, 3.63) is 52.6 Å². The molecule has 4 aliphatic rings. The molecule has 34 heavy (non-hydrogen) atoms. The largest absolute Gasteiger partial charge is 0.411 e. The van der Waals surface area contributed by atoms with Gasteiger partial charge in [0.05, 0.1) is 5.71 Å². The summed E-state index contributed by atoms with van der Waals surface area (Å²) in [4.78, 5) is 15.2. The number of benzene rings is 1. The van der Waals surface area contributed by atoms with Gasteiger partial charge in [-0.15, -0.1) is 0 Å². The number of hydrogen-bond donors (Lipinski definition) is 1. The molecule has 0 radical (unpaired) electrons. The molecule has 1 aromatic carbocycles. The summed E-state index contributed by atoms with van der Waals surface area (Å²) >= 11 is 0. The minimum absolute atomic E-state index is 0.177. The molecule has 0 heterocycles. The Morgan fingerprint density at radius 2 is 1.88 bits per heavy atom. The van der Waals surface area contributed by atoms with E-state index < -0.39 is 5.60 Å². The Kier molecular flexibility index (Phi) is 5.75. The number of ketones is 1. The first-order valence-electron chi connectivity index (χ1n) is 12.7. The van der Waals surface area contributed by atoms with Crippen molar-refractivity contribution >= 4 is 17.2 Å². The fourth-order valence-electron chi connectivity index (χ4n) is 8.10. The van der Waals surface area contributed by atoms with Crippen molar-refractivity contribution in [3.63, 3.8) is 0 Å². The molecule has 1 unspecified atom stereocenters. The van der Waals surface area contributed by atoms with Crippen molar-refractivity contribution in [3.8, 4) is 0 Å². The number of fused-ring (bicyclic) bond motifs is 4. The summed E-state index contributed by atoms with van der Waals surface area (Å²) in [5.41, 5.74) is 6.86. The summed E-state index contributed by atoms with van der Waals surface area (Å²) < 4.78 is 6.16. The minimum atomic E-state index is -0.699. The van der Waals surface area contributed by atoms with E-state index in [0.717, 1.165) is 50.7 Å². The van der Waals surface area contributed by atoms with Crippen LogP contribution in [0.15, 0.2) is 52.2 Å². The normalized spacial score (nSPS) is 36.0. The number of oxime groups is 1. The molecular weight excluding hydrogens is 424 g/mol. The number of methoxy groups -OCH3 is 1. The van der Waals surface area contributed by atoms with E-state index in [2.05, 4.69) is 61.4 Å². The van der Waals surface area contributed by atoms with Crippen LogP contribution < -0.4 is 4.90 Å². The maximum absolute atomic E-state index is 13.1. The predicted octanol–water partition coefficient (Wildman–Crippen LogP) is 5.89. The molecule has 0 spiro atoms. The zero-order chi connectivity index (χ0) is 24.3. The Morgan fingerprint density at radius 3 is 2.50 bits per heavy atom. The molecule has 4 aliphatic carbocycles. The van der Waals surface area contributed by atoms with E-state index >= 15 is 0 Å². The molecule has 0 aromatic heterocycles. The van der Waals surface area contributed by atoms with E-state index in [1.165, 1.54) is 22.4 Å².